The van der Waals surface area contributed by atoms with Gasteiger partial charge in [0, 0.05) is 18.4 Å². The Labute approximate surface area is 154 Å². The maximum Gasteiger partial charge on any atom is 0.240 e. The van der Waals surface area contributed by atoms with Crippen LogP contribution in [0.25, 0.3) is 0 Å². The van der Waals surface area contributed by atoms with E-state index in [4.69, 9.17) is 5.73 Å². The maximum atomic E-state index is 12.2. The van der Waals surface area contributed by atoms with Gasteiger partial charge in [-0.25, -0.2) is 0 Å². The molecular weight excluding hydrogens is 332 g/mol. The molecule has 1 amide bonds. The largest absolute Gasteiger partial charge is 0.354 e. The van der Waals surface area contributed by atoms with Gasteiger partial charge in [0.05, 0.1) is 5.54 Å². The quantitative estimate of drug-likeness (QED) is 0.888. The minimum absolute atomic E-state index is 0. The molecule has 25 heavy (non-hydrogen) atoms. The molecule has 0 saturated heterocycles. The van der Waals surface area contributed by atoms with Gasteiger partial charge in [0.1, 0.15) is 0 Å². The fourth-order valence-electron chi connectivity index (χ4n) is 4.72. The zero-order valence-electron chi connectivity index (χ0n) is 14.1. The van der Waals surface area contributed by atoms with Gasteiger partial charge in [0.2, 0.25) is 5.91 Å². The van der Waals surface area contributed by atoms with Gasteiger partial charge in [0.25, 0.3) is 0 Å². The molecule has 0 radical (unpaired) electrons. The Morgan fingerprint density at radius 1 is 1.00 bits per heavy atom. The molecule has 2 bridgehead atoms. The molecule has 4 aliphatic carbocycles. The van der Waals surface area contributed by atoms with E-state index in [2.05, 4.69) is 53.8 Å². The summed E-state index contributed by atoms with van der Waals surface area (Å²) in [6.07, 6.45) is 2.75. The minimum atomic E-state index is -0.580. The zero-order chi connectivity index (χ0) is 16.3. The Bertz CT molecular complexity index is 783. The summed E-state index contributed by atoms with van der Waals surface area (Å²) in [6.45, 7) is 0.724. The molecule has 3 nitrogen and oxygen atoms in total. The van der Waals surface area contributed by atoms with Crippen LogP contribution in [-0.2, 0) is 4.79 Å². The van der Waals surface area contributed by atoms with Crippen molar-refractivity contribution >= 4 is 18.3 Å². The van der Waals surface area contributed by atoms with E-state index < -0.39 is 5.54 Å². The first kappa shape index (κ1) is 16.6. The number of carbonyl (C=O) groups excluding carboxylic acids is 1. The lowest BCUT2D eigenvalue weighted by atomic mass is 9.59. The number of nitrogens with two attached hydrogens (primary N) is 1. The number of carbonyl (C=O) groups is 1. The molecule has 1 fully saturated rings. The number of amides is 1. The van der Waals surface area contributed by atoms with E-state index in [0.717, 1.165) is 25.8 Å². The number of hydrogen-bond acceptors (Lipinski definition) is 2. The van der Waals surface area contributed by atoms with Crippen molar-refractivity contribution in [3.05, 3.63) is 70.8 Å². The second-order valence-electron chi connectivity index (χ2n) is 7.65. The maximum absolute atomic E-state index is 12.2. The molecule has 130 valence electrons. The highest BCUT2D eigenvalue weighted by molar-refractivity contribution is 5.89. The van der Waals surface area contributed by atoms with Crippen LogP contribution in [0.3, 0.4) is 0 Å². The second kappa shape index (κ2) is 5.86. The average Bonchev–Trinajstić information content (AvgIpc) is 3.39. The molecule has 1 unspecified atom stereocenters. The molecule has 4 aliphatic rings. The predicted octanol–water partition coefficient (Wildman–Crippen LogP) is 3.31. The Morgan fingerprint density at radius 3 is 2.04 bits per heavy atom. The van der Waals surface area contributed by atoms with Gasteiger partial charge in [-0.05, 0) is 47.4 Å². The Balaban J connectivity index is 0.00000157. The molecule has 1 atom stereocenters. The highest BCUT2D eigenvalue weighted by atomic mass is 35.5. The Morgan fingerprint density at radius 2 is 1.52 bits per heavy atom. The monoisotopic (exact) mass is 354 g/mol. The van der Waals surface area contributed by atoms with Crippen molar-refractivity contribution in [1.29, 1.82) is 0 Å². The molecule has 4 heteroatoms. The highest BCUT2D eigenvalue weighted by Crippen LogP contribution is 2.55. The number of rotatable bonds is 3. The van der Waals surface area contributed by atoms with Gasteiger partial charge in [-0.2, -0.15) is 0 Å². The van der Waals surface area contributed by atoms with E-state index in [-0.39, 0.29) is 18.3 Å². The molecule has 2 aromatic carbocycles. The third kappa shape index (κ3) is 2.49. The first-order valence-electron chi connectivity index (χ1n) is 8.92. The number of nitrogens with one attached hydrogen (secondary N) is 1. The van der Waals surface area contributed by atoms with Crippen LogP contribution in [0.4, 0.5) is 0 Å². The molecule has 0 aliphatic heterocycles. The number of fused-ring (bicyclic) bond motifs is 1. The van der Waals surface area contributed by atoms with Gasteiger partial charge >= 0.3 is 0 Å². The van der Waals surface area contributed by atoms with Gasteiger partial charge in [-0.1, -0.05) is 48.5 Å². The Hall–Kier alpha value is -1.84. The Kier molecular flexibility index (Phi) is 3.89. The number of hydrogen-bond donors (Lipinski definition) is 2. The van der Waals surface area contributed by atoms with Crippen LogP contribution in [0.15, 0.2) is 48.5 Å². The topological polar surface area (TPSA) is 55.1 Å². The molecule has 0 aromatic heterocycles. The van der Waals surface area contributed by atoms with E-state index in [1.165, 1.54) is 22.3 Å². The van der Waals surface area contributed by atoms with Crippen molar-refractivity contribution in [2.75, 3.05) is 6.54 Å². The summed E-state index contributed by atoms with van der Waals surface area (Å²) < 4.78 is 0. The smallest absolute Gasteiger partial charge is 0.240 e. The minimum Gasteiger partial charge on any atom is -0.354 e. The normalized spacial score (nSPS) is 26.8. The molecular formula is C21H23ClN2O. The van der Waals surface area contributed by atoms with Crippen LogP contribution in [0.1, 0.15) is 53.4 Å². The van der Waals surface area contributed by atoms with Crippen LogP contribution in [-0.4, -0.2) is 18.0 Å². The van der Waals surface area contributed by atoms with E-state index in [0.29, 0.717) is 17.8 Å². The van der Waals surface area contributed by atoms with Crippen molar-refractivity contribution < 1.29 is 4.79 Å². The summed E-state index contributed by atoms with van der Waals surface area (Å²) in [4.78, 5) is 12.2. The summed E-state index contributed by atoms with van der Waals surface area (Å²) in [6, 6.07) is 17.6. The summed E-state index contributed by atoms with van der Waals surface area (Å²) in [5.74, 6) is 1.32. The van der Waals surface area contributed by atoms with Gasteiger partial charge < -0.3 is 11.1 Å². The number of benzene rings is 2. The summed E-state index contributed by atoms with van der Waals surface area (Å²) >= 11 is 0. The lowest BCUT2D eigenvalue weighted by Crippen LogP contribution is -2.46. The molecule has 2 aromatic rings. The van der Waals surface area contributed by atoms with Crippen LogP contribution in [0, 0.1) is 5.92 Å². The van der Waals surface area contributed by atoms with Crippen LogP contribution in [0.2, 0.25) is 0 Å². The molecule has 3 N–H and O–H groups in total. The van der Waals surface area contributed by atoms with Gasteiger partial charge in [-0.15, -0.1) is 12.4 Å². The fourth-order valence-corrected chi connectivity index (χ4v) is 4.72. The van der Waals surface area contributed by atoms with Crippen LogP contribution in [0.5, 0.6) is 0 Å². The van der Waals surface area contributed by atoms with Crippen molar-refractivity contribution in [3.8, 4) is 0 Å². The first-order valence-corrected chi connectivity index (χ1v) is 8.92. The molecule has 1 saturated carbocycles. The van der Waals surface area contributed by atoms with E-state index in [1.54, 1.807) is 0 Å². The highest BCUT2D eigenvalue weighted by Gasteiger charge is 2.47. The van der Waals surface area contributed by atoms with Crippen LogP contribution >= 0.6 is 12.4 Å². The van der Waals surface area contributed by atoms with E-state index >= 15 is 0 Å². The SMILES string of the molecule is Cl.NC1(C(=O)NCC2CC3c4ccccc4C2c2ccccc23)CC1. The standard InChI is InChI=1S/C21H22N2O.ClH/c22-21(9-10-21)20(24)23-12-13-11-18-14-5-1-3-7-16(14)19(13)17-8-4-2-6-15(17)18;/h1-8,13,18-19H,9-12,22H2,(H,23,24);1H. The van der Waals surface area contributed by atoms with Crippen molar-refractivity contribution in [2.24, 2.45) is 11.7 Å². The number of halogens is 1. The summed E-state index contributed by atoms with van der Waals surface area (Å²) in [7, 11) is 0. The third-order valence-corrected chi connectivity index (χ3v) is 6.19. The predicted molar refractivity (Wildman–Crippen MR) is 101 cm³/mol. The van der Waals surface area contributed by atoms with Gasteiger partial charge in [-0.3, -0.25) is 4.79 Å². The van der Waals surface area contributed by atoms with Crippen molar-refractivity contribution in [2.45, 2.75) is 36.6 Å². The van der Waals surface area contributed by atoms with Crippen LogP contribution < -0.4 is 11.1 Å². The zero-order valence-corrected chi connectivity index (χ0v) is 14.9. The summed E-state index contributed by atoms with van der Waals surface area (Å²) in [5, 5.41) is 3.14. The first-order chi connectivity index (χ1) is 11.7. The van der Waals surface area contributed by atoms with Crippen molar-refractivity contribution in [3.63, 3.8) is 0 Å². The molecule has 0 heterocycles. The van der Waals surface area contributed by atoms with E-state index in [9.17, 15) is 4.79 Å². The molecule has 6 rings (SSSR count). The lowest BCUT2D eigenvalue weighted by Gasteiger charge is -2.45. The fraction of sp³-hybridized carbons (Fsp3) is 0.381. The lowest BCUT2D eigenvalue weighted by molar-refractivity contribution is -0.123. The van der Waals surface area contributed by atoms with E-state index in [1.807, 2.05) is 0 Å². The average molecular weight is 355 g/mol. The van der Waals surface area contributed by atoms with Gasteiger partial charge in [0.15, 0.2) is 0 Å². The third-order valence-electron chi connectivity index (χ3n) is 6.19. The summed E-state index contributed by atoms with van der Waals surface area (Å²) in [5.41, 5.74) is 11.3. The van der Waals surface area contributed by atoms with Crippen molar-refractivity contribution in [1.82, 2.24) is 5.32 Å². The second-order valence-corrected chi connectivity index (χ2v) is 7.65. The molecule has 0 spiro atoms.